The molecule has 27 heavy (non-hydrogen) atoms. The highest BCUT2D eigenvalue weighted by molar-refractivity contribution is 5.94. The summed E-state index contributed by atoms with van der Waals surface area (Å²) >= 11 is 0. The van der Waals surface area contributed by atoms with E-state index < -0.39 is 0 Å². The number of Topliss-reactive ketones (excluding diaryl/α,β-unsaturated/α-hetero) is 1. The van der Waals surface area contributed by atoms with Gasteiger partial charge in [0.05, 0.1) is 25.0 Å². The van der Waals surface area contributed by atoms with Gasteiger partial charge < -0.3 is 14.0 Å². The number of pyridine rings is 1. The smallest absolute Gasteiger partial charge is 0.192 e. The number of ether oxygens (including phenoxy) is 2. The highest BCUT2D eigenvalue weighted by atomic mass is 16.5. The van der Waals surface area contributed by atoms with E-state index in [2.05, 4.69) is 25.3 Å². The Labute approximate surface area is 159 Å². The fraction of sp³-hybridized carbons (Fsp3) is 0.455. The highest BCUT2D eigenvalue weighted by Gasteiger charge is 2.26. The van der Waals surface area contributed by atoms with Gasteiger partial charge in [-0.3, -0.25) is 9.59 Å². The molecule has 2 heterocycles. The zero-order valence-corrected chi connectivity index (χ0v) is 16.7. The fourth-order valence-electron chi connectivity index (χ4n) is 3.56. The molecule has 0 saturated carbocycles. The molecular formula is C22H27NO4. The molecule has 0 amide bonds. The molecule has 1 aliphatic heterocycles. The van der Waals surface area contributed by atoms with Crippen LogP contribution in [0.2, 0.25) is 0 Å². The van der Waals surface area contributed by atoms with Crippen LogP contribution in [0.25, 0.3) is 11.3 Å². The van der Waals surface area contributed by atoms with Crippen molar-refractivity contribution in [1.82, 2.24) is 4.57 Å². The topological polar surface area (TPSA) is 57.5 Å². The number of carbonyl (C=O) groups is 1. The summed E-state index contributed by atoms with van der Waals surface area (Å²) in [5.41, 5.74) is 2.92. The third kappa shape index (κ3) is 3.64. The van der Waals surface area contributed by atoms with Crippen molar-refractivity contribution in [3.05, 3.63) is 45.7 Å². The molecule has 1 aliphatic rings. The lowest BCUT2D eigenvalue weighted by atomic mass is 9.90. The number of hydrogen-bond acceptors (Lipinski definition) is 4. The molecule has 144 valence electrons. The van der Waals surface area contributed by atoms with Crippen molar-refractivity contribution in [3.8, 4) is 22.8 Å². The predicted octanol–water partition coefficient (Wildman–Crippen LogP) is 4.27. The first kappa shape index (κ1) is 19.2. The Balaban J connectivity index is 2.17. The summed E-state index contributed by atoms with van der Waals surface area (Å²) in [6.07, 6.45) is 3.44. The molecule has 3 rings (SSSR count). The van der Waals surface area contributed by atoms with Crippen LogP contribution in [0, 0.1) is 5.92 Å². The number of ketones is 1. The number of rotatable bonds is 6. The molecule has 0 aliphatic carbocycles. The van der Waals surface area contributed by atoms with E-state index in [0.29, 0.717) is 18.3 Å². The van der Waals surface area contributed by atoms with Gasteiger partial charge >= 0.3 is 0 Å². The van der Waals surface area contributed by atoms with Gasteiger partial charge in [0.15, 0.2) is 22.7 Å². The van der Waals surface area contributed by atoms with Crippen LogP contribution in [-0.2, 0) is 6.42 Å². The summed E-state index contributed by atoms with van der Waals surface area (Å²) in [6.45, 7) is 8.37. The molecule has 1 atom stereocenters. The monoisotopic (exact) mass is 369 g/mol. The lowest BCUT2D eigenvalue weighted by Crippen LogP contribution is -2.25. The summed E-state index contributed by atoms with van der Waals surface area (Å²) < 4.78 is 13.6. The Morgan fingerprint density at radius 1 is 1.26 bits per heavy atom. The average molecular weight is 369 g/mol. The molecule has 0 spiro atoms. The molecule has 0 fully saturated rings. The zero-order chi connectivity index (χ0) is 19.7. The van der Waals surface area contributed by atoms with Crippen molar-refractivity contribution in [1.29, 1.82) is 0 Å². The maximum atomic E-state index is 12.4. The first-order chi connectivity index (χ1) is 12.8. The van der Waals surface area contributed by atoms with Gasteiger partial charge in [-0.15, -0.1) is 0 Å². The van der Waals surface area contributed by atoms with Crippen LogP contribution in [0.5, 0.6) is 11.5 Å². The SMILES string of the molecule is CCC1Cc2cc(OCC(C)C)c(OC)cc2-c2cc(=O)c(C(C)=O)cn21. The van der Waals surface area contributed by atoms with Crippen LogP contribution in [-0.4, -0.2) is 24.1 Å². The molecule has 1 aromatic carbocycles. The number of fused-ring (bicyclic) bond motifs is 3. The highest BCUT2D eigenvalue weighted by Crippen LogP contribution is 2.41. The van der Waals surface area contributed by atoms with Gasteiger partial charge in [0, 0.05) is 23.9 Å². The minimum absolute atomic E-state index is 0.192. The van der Waals surface area contributed by atoms with Gasteiger partial charge in [0.25, 0.3) is 0 Å². The minimum atomic E-state index is -0.240. The molecule has 0 radical (unpaired) electrons. The van der Waals surface area contributed by atoms with Crippen LogP contribution >= 0.6 is 0 Å². The molecule has 2 aromatic rings. The lowest BCUT2D eigenvalue weighted by molar-refractivity contribution is 0.101. The Bertz CT molecular complexity index is 927. The Kier molecular flexibility index (Phi) is 5.40. The lowest BCUT2D eigenvalue weighted by Gasteiger charge is -2.31. The van der Waals surface area contributed by atoms with Crippen LogP contribution in [0.15, 0.2) is 29.2 Å². The number of benzene rings is 1. The second kappa shape index (κ2) is 7.59. The van der Waals surface area contributed by atoms with E-state index >= 15 is 0 Å². The summed E-state index contributed by atoms with van der Waals surface area (Å²) in [5.74, 6) is 1.60. The van der Waals surface area contributed by atoms with Crippen LogP contribution in [0.1, 0.15) is 56.1 Å². The standard InChI is InChI=1S/C22H27NO4/c1-6-16-7-15-8-22(27-12-13(2)3)21(26-5)9-17(15)19-10-20(25)18(14(4)24)11-23(16)19/h8-11,13,16H,6-7,12H2,1-5H3. The van der Waals surface area contributed by atoms with Crippen LogP contribution < -0.4 is 14.9 Å². The molecule has 5 nitrogen and oxygen atoms in total. The molecule has 1 unspecified atom stereocenters. The zero-order valence-electron chi connectivity index (χ0n) is 16.7. The fourth-order valence-corrected chi connectivity index (χ4v) is 3.56. The van der Waals surface area contributed by atoms with E-state index in [1.165, 1.54) is 6.92 Å². The second-order valence-corrected chi connectivity index (χ2v) is 7.53. The maximum Gasteiger partial charge on any atom is 0.192 e. The van der Waals surface area contributed by atoms with Gasteiger partial charge in [0.1, 0.15) is 0 Å². The van der Waals surface area contributed by atoms with Crippen LogP contribution in [0.3, 0.4) is 0 Å². The molecule has 0 saturated heterocycles. The summed E-state index contributed by atoms with van der Waals surface area (Å²) in [6, 6.07) is 5.74. The van der Waals surface area contributed by atoms with E-state index in [4.69, 9.17) is 9.47 Å². The third-order valence-corrected chi connectivity index (χ3v) is 5.02. The molecule has 0 N–H and O–H groups in total. The Morgan fingerprint density at radius 2 is 2.00 bits per heavy atom. The molecule has 5 heteroatoms. The first-order valence-corrected chi connectivity index (χ1v) is 9.46. The third-order valence-electron chi connectivity index (χ3n) is 5.02. The van der Waals surface area contributed by atoms with E-state index in [1.54, 1.807) is 19.4 Å². The van der Waals surface area contributed by atoms with Crippen molar-refractivity contribution in [2.75, 3.05) is 13.7 Å². The van der Waals surface area contributed by atoms with Gasteiger partial charge in [0.2, 0.25) is 0 Å². The average Bonchev–Trinajstić information content (AvgIpc) is 2.64. The maximum absolute atomic E-state index is 12.4. The Morgan fingerprint density at radius 3 is 2.59 bits per heavy atom. The predicted molar refractivity (Wildman–Crippen MR) is 106 cm³/mol. The largest absolute Gasteiger partial charge is 0.493 e. The quantitative estimate of drug-likeness (QED) is 0.714. The number of hydrogen-bond donors (Lipinski definition) is 0. The van der Waals surface area contributed by atoms with Gasteiger partial charge in [-0.25, -0.2) is 0 Å². The summed E-state index contributed by atoms with van der Waals surface area (Å²) in [4.78, 5) is 24.3. The molecular weight excluding hydrogens is 342 g/mol. The van der Waals surface area contributed by atoms with Gasteiger partial charge in [-0.2, -0.15) is 0 Å². The van der Waals surface area contributed by atoms with Gasteiger partial charge in [-0.05, 0) is 43.4 Å². The summed E-state index contributed by atoms with van der Waals surface area (Å²) in [7, 11) is 1.62. The van der Waals surface area contributed by atoms with Crippen LogP contribution in [0.4, 0.5) is 0 Å². The molecule has 0 bridgehead atoms. The van der Waals surface area contributed by atoms with Gasteiger partial charge in [-0.1, -0.05) is 20.8 Å². The number of methoxy groups -OCH3 is 1. The van der Waals surface area contributed by atoms with Crippen molar-refractivity contribution in [2.24, 2.45) is 5.92 Å². The van der Waals surface area contributed by atoms with Crippen molar-refractivity contribution >= 4 is 5.78 Å². The van der Waals surface area contributed by atoms with Crippen molar-refractivity contribution < 1.29 is 14.3 Å². The molecule has 1 aromatic heterocycles. The van der Waals surface area contributed by atoms with E-state index in [1.807, 2.05) is 12.1 Å². The van der Waals surface area contributed by atoms with E-state index in [9.17, 15) is 9.59 Å². The van der Waals surface area contributed by atoms with E-state index in [0.717, 1.165) is 35.4 Å². The number of carbonyl (C=O) groups excluding carboxylic acids is 1. The second-order valence-electron chi connectivity index (χ2n) is 7.53. The summed E-state index contributed by atoms with van der Waals surface area (Å²) in [5, 5.41) is 0. The van der Waals surface area contributed by atoms with Crippen molar-refractivity contribution in [2.45, 2.75) is 46.6 Å². The van der Waals surface area contributed by atoms with E-state index in [-0.39, 0.29) is 22.8 Å². The van der Waals surface area contributed by atoms with Crippen molar-refractivity contribution in [3.63, 3.8) is 0 Å². The Hall–Kier alpha value is -2.56. The number of nitrogens with zero attached hydrogens (tertiary/aromatic N) is 1. The minimum Gasteiger partial charge on any atom is -0.493 e. The first-order valence-electron chi connectivity index (χ1n) is 9.46. The number of aromatic nitrogens is 1. The normalized spacial score (nSPS) is 15.3.